The quantitative estimate of drug-likeness (QED) is 0.857. The number of benzene rings is 1. The normalized spacial score (nSPS) is 19.4. The van der Waals surface area contributed by atoms with Gasteiger partial charge in [-0.15, -0.1) is 11.8 Å². The second-order valence-corrected chi connectivity index (χ2v) is 7.36. The van der Waals surface area contributed by atoms with Crippen LogP contribution in [0.4, 0.5) is 0 Å². The van der Waals surface area contributed by atoms with Crippen LogP contribution in [0.15, 0.2) is 29.2 Å². The Hall–Kier alpha value is -0.560. The van der Waals surface area contributed by atoms with Gasteiger partial charge in [0.05, 0.1) is 4.90 Å². The van der Waals surface area contributed by atoms with Crippen molar-refractivity contribution in [3.8, 4) is 0 Å². The third-order valence-electron chi connectivity index (χ3n) is 2.84. The smallest absolute Gasteiger partial charge is 0.226 e. The first-order chi connectivity index (χ1) is 8.02. The fourth-order valence-corrected chi connectivity index (χ4v) is 4.91. The van der Waals surface area contributed by atoms with Crippen molar-refractivity contribution in [3.05, 3.63) is 29.8 Å². The molecule has 1 fully saturated rings. The third kappa shape index (κ3) is 2.10. The molecule has 0 radical (unpaired) electrons. The molecule has 0 spiro atoms. The van der Waals surface area contributed by atoms with Gasteiger partial charge in [-0.25, -0.2) is 8.42 Å². The molecule has 1 aliphatic heterocycles. The molecule has 0 saturated carbocycles. The van der Waals surface area contributed by atoms with Crippen LogP contribution < -0.4 is 10.6 Å². The first kappa shape index (κ1) is 12.9. The van der Waals surface area contributed by atoms with Gasteiger partial charge in [-0.3, -0.25) is 10.6 Å². The first-order valence-corrected chi connectivity index (χ1v) is 8.09. The molecule has 0 aromatic heterocycles. The molecule has 2 rings (SSSR count). The van der Waals surface area contributed by atoms with Crippen molar-refractivity contribution in [2.75, 3.05) is 19.3 Å². The molecule has 0 amide bonds. The minimum atomic E-state index is -3.43. The van der Waals surface area contributed by atoms with Gasteiger partial charge in [0.15, 0.2) is 0 Å². The fourth-order valence-electron chi connectivity index (χ4n) is 1.84. The molecule has 0 aliphatic carbocycles. The molecule has 17 heavy (non-hydrogen) atoms. The standard InChI is InChI=1S/C11H16N2O2S2/c1-9-3-5-10(6-4-9)17(14,15)11(16-2)12-7-8-13-11/h3-6,12-13H,7-8H2,1-2H3. The summed E-state index contributed by atoms with van der Waals surface area (Å²) in [7, 11) is -3.43. The lowest BCUT2D eigenvalue weighted by Gasteiger charge is -2.27. The Balaban J connectivity index is 2.45. The molecule has 6 heteroatoms. The highest BCUT2D eigenvalue weighted by Crippen LogP contribution is 2.31. The van der Waals surface area contributed by atoms with E-state index in [1.54, 1.807) is 18.4 Å². The molecular weight excluding hydrogens is 256 g/mol. The van der Waals surface area contributed by atoms with Crippen molar-refractivity contribution in [2.45, 2.75) is 16.1 Å². The zero-order chi connectivity index (χ0) is 12.5. The van der Waals surface area contributed by atoms with Gasteiger partial charge in [0.2, 0.25) is 14.2 Å². The van der Waals surface area contributed by atoms with E-state index in [0.717, 1.165) is 5.56 Å². The molecule has 1 heterocycles. The van der Waals surface area contributed by atoms with Gasteiger partial charge in [-0.05, 0) is 25.3 Å². The number of sulfone groups is 1. The van der Waals surface area contributed by atoms with Crippen LogP contribution in [0.1, 0.15) is 5.56 Å². The Bertz CT molecular complexity index is 491. The van der Waals surface area contributed by atoms with Crippen LogP contribution in [0, 0.1) is 6.92 Å². The van der Waals surface area contributed by atoms with Gasteiger partial charge in [-0.1, -0.05) is 17.7 Å². The summed E-state index contributed by atoms with van der Waals surface area (Å²) in [5.74, 6) is 0. The lowest BCUT2D eigenvalue weighted by atomic mass is 10.2. The van der Waals surface area contributed by atoms with E-state index in [-0.39, 0.29) is 0 Å². The van der Waals surface area contributed by atoms with Gasteiger partial charge in [0.1, 0.15) is 0 Å². The number of nitrogens with one attached hydrogen (secondary N) is 2. The molecular formula is C11H16N2O2S2. The number of aryl methyl sites for hydroxylation is 1. The molecule has 0 unspecified atom stereocenters. The summed E-state index contributed by atoms with van der Waals surface area (Å²) in [5, 5.41) is 6.07. The van der Waals surface area contributed by atoms with Gasteiger partial charge >= 0.3 is 0 Å². The number of rotatable bonds is 3. The highest BCUT2D eigenvalue weighted by atomic mass is 32.3. The molecule has 2 N–H and O–H groups in total. The second kappa shape index (κ2) is 4.61. The van der Waals surface area contributed by atoms with Crippen molar-refractivity contribution in [3.63, 3.8) is 0 Å². The van der Waals surface area contributed by atoms with Crippen molar-refractivity contribution in [1.29, 1.82) is 0 Å². The lowest BCUT2D eigenvalue weighted by Crippen LogP contribution is -2.52. The summed E-state index contributed by atoms with van der Waals surface area (Å²) in [5.41, 5.74) is 1.05. The molecule has 1 aromatic carbocycles. The SMILES string of the molecule is CSC1(S(=O)(=O)c2ccc(C)cc2)NCCN1. The number of hydrogen-bond acceptors (Lipinski definition) is 5. The van der Waals surface area contributed by atoms with Crippen molar-refractivity contribution < 1.29 is 8.42 Å². The zero-order valence-corrected chi connectivity index (χ0v) is 11.5. The van der Waals surface area contributed by atoms with E-state index < -0.39 is 14.2 Å². The Morgan fingerprint density at radius 2 is 1.71 bits per heavy atom. The predicted molar refractivity (Wildman–Crippen MR) is 70.6 cm³/mol. The minimum absolute atomic E-state index is 0.347. The van der Waals surface area contributed by atoms with Crippen molar-refractivity contribution in [1.82, 2.24) is 10.6 Å². The van der Waals surface area contributed by atoms with Crippen LogP contribution in [0.5, 0.6) is 0 Å². The Labute approximate surface area is 106 Å². The van der Waals surface area contributed by atoms with E-state index in [9.17, 15) is 8.42 Å². The summed E-state index contributed by atoms with van der Waals surface area (Å²) in [6, 6.07) is 6.94. The van der Waals surface area contributed by atoms with Gasteiger partial charge in [0, 0.05) is 13.1 Å². The third-order valence-corrected chi connectivity index (χ3v) is 6.80. The molecule has 4 nitrogen and oxygen atoms in total. The fraction of sp³-hybridized carbons (Fsp3) is 0.455. The Morgan fingerprint density at radius 3 is 2.18 bits per heavy atom. The van der Waals surface area contributed by atoms with E-state index >= 15 is 0 Å². The summed E-state index contributed by atoms with van der Waals surface area (Å²) in [6.45, 7) is 3.25. The van der Waals surface area contributed by atoms with E-state index in [1.165, 1.54) is 11.8 Å². The maximum absolute atomic E-state index is 12.6. The van der Waals surface area contributed by atoms with E-state index in [0.29, 0.717) is 18.0 Å². The first-order valence-electron chi connectivity index (χ1n) is 5.38. The maximum Gasteiger partial charge on any atom is 0.226 e. The Morgan fingerprint density at radius 1 is 1.18 bits per heavy atom. The highest BCUT2D eigenvalue weighted by Gasteiger charge is 2.46. The molecule has 0 atom stereocenters. The molecule has 0 bridgehead atoms. The van der Waals surface area contributed by atoms with Crippen LogP contribution in [0.2, 0.25) is 0 Å². The molecule has 94 valence electrons. The largest absolute Gasteiger partial charge is 0.276 e. The molecule has 1 aromatic rings. The molecule has 1 saturated heterocycles. The van der Waals surface area contributed by atoms with Gasteiger partial charge in [0.25, 0.3) is 0 Å². The van der Waals surface area contributed by atoms with Crippen molar-refractivity contribution >= 4 is 21.6 Å². The number of hydrogen-bond donors (Lipinski definition) is 2. The predicted octanol–water partition coefficient (Wildman–Crippen LogP) is 0.936. The van der Waals surface area contributed by atoms with Gasteiger partial charge in [-0.2, -0.15) is 0 Å². The topological polar surface area (TPSA) is 58.2 Å². The van der Waals surface area contributed by atoms with E-state index in [4.69, 9.17) is 0 Å². The Kier molecular flexibility index (Phi) is 3.49. The van der Waals surface area contributed by atoms with Crippen LogP contribution in [0.3, 0.4) is 0 Å². The monoisotopic (exact) mass is 272 g/mol. The zero-order valence-electron chi connectivity index (χ0n) is 9.86. The average Bonchev–Trinajstić information content (AvgIpc) is 2.79. The maximum atomic E-state index is 12.6. The van der Waals surface area contributed by atoms with Gasteiger partial charge < -0.3 is 0 Å². The van der Waals surface area contributed by atoms with Crippen LogP contribution in [-0.4, -0.2) is 32.1 Å². The summed E-state index contributed by atoms with van der Waals surface area (Å²) in [4.78, 5) is 0.347. The van der Waals surface area contributed by atoms with E-state index in [1.807, 2.05) is 19.1 Å². The summed E-state index contributed by atoms with van der Waals surface area (Å²) < 4.78 is 24.0. The second-order valence-electron chi connectivity index (χ2n) is 3.99. The van der Waals surface area contributed by atoms with Crippen LogP contribution >= 0.6 is 11.8 Å². The molecule has 1 aliphatic rings. The minimum Gasteiger partial charge on any atom is -0.276 e. The van der Waals surface area contributed by atoms with Crippen LogP contribution in [-0.2, 0) is 9.84 Å². The van der Waals surface area contributed by atoms with E-state index in [2.05, 4.69) is 10.6 Å². The number of thioether (sulfide) groups is 1. The average molecular weight is 272 g/mol. The van der Waals surface area contributed by atoms with Crippen LogP contribution in [0.25, 0.3) is 0 Å². The lowest BCUT2D eigenvalue weighted by molar-refractivity contribution is 0.544. The van der Waals surface area contributed by atoms with Crippen molar-refractivity contribution in [2.24, 2.45) is 0 Å². The highest BCUT2D eigenvalue weighted by molar-refractivity contribution is 8.14. The summed E-state index contributed by atoms with van der Waals surface area (Å²) >= 11 is 1.28. The summed E-state index contributed by atoms with van der Waals surface area (Å²) in [6.07, 6.45) is 1.79.